The molecule has 2 unspecified atom stereocenters. The Morgan fingerprint density at radius 3 is 2.50 bits per heavy atom. The Bertz CT molecular complexity index is 838. The number of carboxylic acids is 1. The number of aliphatic hydroxyl groups excluding tert-OH is 1. The SMILES string of the molecule is CC(C)OC(=O)OC1(C(=O)[O-])CC[C@H]2[C@@H]3CCC4=CC(=O)CC[C@]4(C)[C@@H]3C(O)C[C@@]21C.[Na+]. The minimum absolute atomic E-state index is 0. The number of allylic oxidation sites excluding steroid dienone is 1. The van der Waals surface area contributed by atoms with Crippen LogP contribution in [0.1, 0.15) is 72.6 Å². The number of hydrogen-bond donors (Lipinski definition) is 1. The Balaban J connectivity index is 0.00000289. The molecule has 7 nitrogen and oxygen atoms in total. The van der Waals surface area contributed by atoms with Gasteiger partial charge < -0.3 is 24.5 Å². The van der Waals surface area contributed by atoms with Gasteiger partial charge in [0.15, 0.2) is 11.4 Å². The Morgan fingerprint density at radius 2 is 1.88 bits per heavy atom. The maximum absolute atomic E-state index is 12.4. The predicted molar refractivity (Wildman–Crippen MR) is 109 cm³/mol. The molecule has 0 spiro atoms. The van der Waals surface area contributed by atoms with Crippen molar-refractivity contribution in [1.82, 2.24) is 0 Å². The molecule has 4 aliphatic rings. The normalized spacial score (nSPS) is 42.7. The van der Waals surface area contributed by atoms with Crippen LogP contribution in [0.15, 0.2) is 11.6 Å². The molecule has 1 N–H and O–H groups in total. The number of hydrogen-bond acceptors (Lipinski definition) is 7. The van der Waals surface area contributed by atoms with Crippen molar-refractivity contribution in [3.8, 4) is 0 Å². The number of aliphatic hydroxyl groups is 1. The zero-order chi connectivity index (χ0) is 22.8. The van der Waals surface area contributed by atoms with Crippen LogP contribution in [0.4, 0.5) is 4.79 Å². The first-order valence-corrected chi connectivity index (χ1v) is 11.5. The average Bonchev–Trinajstić information content (AvgIpc) is 2.94. The second-order valence-corrected chi connectivity index (χ2v) is 10.7. The summed E-state index contributed by atoms with van der Waals surface area (Å²) >= 11 is 0. The summed E-state index contributed by atoms with van der Waals surface area (Å²) in [5.41, 5.74) is -1.92. The summed E-state index contributed by atoms with van der Waals surface area (Å²) in [6, 6.07) is 0. The van der Waals surface area contributed by atoms with E-state index in [4.69, 9.17) is 9.47 Å². The van der Waals surface area contributed by atoms with Crippen LogP contribution in [-0.4, -0.2) is 40.8 Å². The van der Waals surface area contributed by atoms with Crippen molar-refractivity contribution < 1.29 is 63.6 Å². The Kier molecular flexibility index (Phi) is 7.01. The first-order valence-electron chi connectivity index (χ1n) is 11.5. The zero-order valence-corrected chi connectivity index (χ0v) is 21.8. The molecule has 7 atom stereocenters. The Morgan fingerprint density at radius 1 is 1.19 bits per heavy atom. The van der Waals surface area contributed by atoms with Gasteiger partial charge in [0, 0.05) is 11.8 Å². The van der Waals surface area contributed by atoms with E-state index in [0.29, 0.717) is 19.3 Å². The van der Waals surface area contributed by atoms with Gasteiger partial charge in [0.1, 0.15) is 0 Å². The maximum Gasteiger partial charge on any atom is 1.00 e. The van der Waals surface area contributed by atoms with Crippen molar-refractivity contribution in [2.24, 2.45) is 28.6 Å². The van der Waals surface area contributed by atoms with Gasteiger partial charge in [-0.15, -0.1) is 0 Å². The summed E-state index contributed by atoms with van der Waals surface area (Å²) < 4.78 is 10.6. The van der Waals surface area contributed by atoms with Gasteiger partial charge in [-0.2, -0.15) is 0 Å². The van der Waals surface area contributed by atoms with Crippen LogP contribution in [0, 0.1) is 28.6 Å². The van der Waals surface area contributed by atoms with Crippen LogP contribution in [0.25, 0.3) is 0 Å². The third-order valence-corrected chi connectivity index (χ3v) is 8.94. The van der Waals surface area contributed by atoms with Crippen molar-refractivity contribution in [2.45, 2.75) is 90.4 Å². The zero-order valence-electron chi connectivity index (χ0n) is 19.8. The topological polar surface area (TPSA) is 113 Å². The van der Waals surface area contributed by atoms with Crippen molar-refractivity contribution in [2.75, 3.05) is 0 Å². The number of carbonyl (C=O) groups excluding carboxylic acids is 3. The molecule has 32 heavy (non-hydrogen) atoms. The molecular formula is C24H33NaO7. The monoisotopic (exact) mass is 456 g/mol. The molecule has 0 aromatic heterocycles. The van der Waals surface area contributed by atoms with Crippen LogP contribution in [0.5, 0.6) is 0 Å². The van der Waals surface area contributed by atoms with Gasteiger partial charge in [0.25, 0.3) is 0 Å². The Labute approximate surface area is 211 Å². The van der Waals surface area contributed by atoms with E-state index in [2.05, 4.69) is 6.92 Å². The van der Waals surface area contributed by atoms with Crippen LogP contribution < -0.4 is 34.7 Å². The van der Waals surface area contributed by atoms with E-state index in [1.165, 1.54) is 0 Å². The smallest absolute Gasteiger partial charge is 0.546 e. The molecule has 8 heteroatoms. The third kappa shape index (κ3) is 3.68. The number of fused-ring (bicyclic) bond motifs is 5. The molecule has 172 valence electrons. The van der Waals surface area contributed by atoms with E-state index < -0.39 is 35.3 Å². The van der Waals surface area contributed by atoms with Crippen LogP contribution in [0.3, 0.4) is 0 Å². The van der Waals surface area contributed by atoms with E-state index in [1.54, 1.807) is 19.9 Å². The van der Waals surface area contributed by atoms with Gasteiger partial charge in [-0.05, 0) is 81.6 Å². The fourth-order valence-corrected chi connectivity index (χ4v) is 7.58. The van der Waals surface area contributed by atoms with Gasteiger partial charge >= 0.3 is 35.7 Å². The number of ether oxygens (including phenoxy) is 2. The largest absolute Gasteiger partial charge is 1.00 e. The quantitative estimate of drug-likeness (QED) is 0.452. The summed E-state index contributed by atoms with van der Waals surface area (Å²) in [5, 5.41) is 23.8. The van der Waals surface area contributed by atoms with E-state index in [0.717, 1.165) is 18.4 Å². The number of rotatable bonds is 3. The fraction of sp³-hybridized carbons (Fsp3) is 0.792. The molecule has 0 aromatic rings. The third-order valence-electron chi connectivity index (χ3n) is 8.94. The van der Waals surface area contributed by atoms with Gasteiger partial charge in [-0.1, -0.05) is 19.4 Å². The maximum atomic E-state index is 12.4. The van der Waals surface area contributed by atoms with Crippen molar-refractivity contribution in [1.29, 1.82) is 0 Å². The van der Waals surface area contributed by atoms with E-state index >= 15 is 0 Å². The standard InChI is InChI=1S/C24H34O7.Na/c1-13(2)30-21(29)31-24(20(27)28)10-8-17-16-6-5-14-11-15(25)7-9-22(14,3)19(16)18(26)12-23(17,24)4;/h11,13,16-19,26H,5-10,12H2,1-4H3,(H,27,28);/q;+1/p-1/t16-,17-,18?,19-,22-,23-,24?;/m0./s1. The first kappa shape index (κ1) is 25.7. The number of carboxylic acid groups (broad SMARTS) is 1. The van der Waals surface area contributed by atoms with Crippen molar-refractivity contribution in [3.05, 3.63) is 11.6 Å². The second kappa shape index (κ2) is 8.71. The number of carbonyl (C=O) groups is 3. The molecular weight excluding hydrogens is 423 g/mol. The molecule has 0 aromatic carbocycles. The molecule has 0 radical (unpaired) electrons. The summed E-state index contributed by atoms with van der Waals surface area (Å²) in [4.78, 5) is 36.8. The van der Waals surface area contributed by atoms with Crippen LogP contribution >= 0.6 is 0 Å². The number of ketones is 1. The average molecular weight is 457 g/mol. The summed E-state index contributed by atoms with van der Waals surface area (Å²) in [7, 11) is 0. The van der Waals surface area contributed by atoms with E-state index in [-0.39, 0.29) is 71.4 Å². The molecule has 4 aliphatic carbocycles. The molecule has 3 fully saturated rings. The minimum Gasteiger partial charge on any atom is -0.546 e. The van der Waals surface area contributed by atoms with Crippen LogP contribution in [-0.2, 0) is 19.1 Å². The minimum atomic E-state index is -1.82. The van der Waals surface area contributed by atoms with Gasteiger partial charge in [0.2, 0.25) is 0 Å². The molecule has 0 bridgehead atoms. The summed E-state index contributed by atoms with van der Waals surface area (Å²) in [6.07, 6.45) is 3.26. The van der Waals surface area contributed by atoms with E-state index in [9.17, 15) is 24.6 Å². The summed E-state index contributed by atoms with van der Waals surface area (Å²) in [6.45, 7) is 7.31. The molecule has 0 aliphatic heterocycles. The van der Waals surface area contributed by atoms with Crippen molar-refractivity contribution in [3.63, 3.8) is 0 Å². The molecule has 3 saturated carbocycles. The van der Waals surface area contributed by atoms with Crippen LogP contribution in [0.2, 0.25) is 0 Å². The van der Waals surface area contributed by atoms with Gasteiger partial charge in [-0.3, -0.25) is 4.79 Å². The number of aliphatic carboxylic acids is 1. The van der Waals surface area contributed by atoms with Crippen molar-refractivity contribution >= 4 is 17.9 Å². The fourth-order valence-electron chi connectivity index (χ4n) is 7.58. The molecule has 0 saturated heterocycles. The van der Waals surface area contributed by atoms with E-state index in [1.807, 2.05) is 6.92 Å². The van der Waals surface area contributed by atoms with Gasteiger partial charge in [-0.25, -0.2) is 4.79 Å². The molecule has 0 amide bonds. The molecule has 0 heterocycles. The molecule has 4 rings (SSSR count). The Hall–Kier alpha value is -0.890. The van der Waals surface area contributed by atoms with Gasteiger partial charge in [0.05, 0.1) is 18.2 Å². The second-order valence-electron chi connectivity index (χ2n) is 10.7. The first-order chi connectivity index (χ1) is 14.4. The summed E-state index contributed by atoms with van der Waals surface area (Å²) in [5.74, 6) is -1.25. The predicted octanol–water partition coefficient (Wildman–Crippen LogP) is -0.457.